The van der Waals surface area contributed by atoms with Crippen LogP contribution in [0, 0.1) is 11.7 Å². The number of carbonyl (C=O) groups excluding carboxylic acids is 1. The number of hydrogen-bond donors (Lipinski definition) is 1. The number of nitrogens with one attached hydrogen (secondary N) is 1. The Morgan fingerprint density at radius 1 is 1.44 bits per heavy atom. The van der Waals surface area contributed by atoms with Gasteiger partial charge in [-0.3, -0.25) is 9.78 Å². The molecule has 0 aromatic carbocycles. The fourth-order valence-electron chi connectivity index (χ4n) is 2.60. The van der Waals surface area contributed by atoms with Gasteiger partial charge in [-0.25, -0.2) is 4.39 Å². The predicted molar refractivity (Wildman–Crippen MR) is 67.7 cm³/mol. The van der Waals surface area contributed by atoms with E-state index in [9.17, 15) is 9.18 Å². The van der Waals surface area contributed by atoms with Crippen molar-refractivity contribution < 1.29 is 9.18 Å². The summed E-state index contributed by atoms with van der Waals surface area (Å²) in [6.07, 6.45) is 8.56. The van der Waals surface area contributed by atoms with Crippen LogP contribution in [0.2, 0.25) is 0 Å². The molecule has 0 saturated heterocycles. The van der Waals surface area contributed by atoms with Crippen LogP contribution in [0.4, 0.5) is 4.39 Å². The first-order valence-electron chi connectivity index (χ1n) is 6.59. The summed E-state index contributed by atoms with van der Waals surface area (Å²) in [5.41, 5.74) is 0.0765. The molecular formula is C14H19FN2O. The van der Waals surface area contributed by atoms with E-state index in [4.69, 9.17) is 0 Å². The van der Waals surface area contributed by atoms with Crippen molar-refractivity contribution in [3.63, 3.8) is 0 Å². The monoisotopic (exact) mass is 250 g/mol. The Hall–Kier alpha value is -1.45. The average molecular weight is 250 g/mol. The molecule has 1 aliphatic carbocycles. The van der Waals surface area contributed by atoms with Crippen LogP contribution in [0.25, 0.3) is 0 Å². The van der Waals surface area contributed by atoms with Gasteiger partial charge in [-0.05, 0) is 31.7 Å². The lowest BCUT2D eigenvalue weighted by atomic mass is 9.84. The second-order valence-corrected chi connectivity index (χ2v) is 5.02. The topological polar surface area (TPSA) is 42.0 Å². The molecule has 1 aliphatic rings. The molecule has 18 heavy (non-hydrogen) atoms. The van der Waals surface area contributed by atoms with Crippen LogP contribution in [0.1, 0.15) is 49.4 Å². The molecule has 1 N–H and O–H groups in total. The van der Waals surface area contributed by atoms with Crippen LogP contribution >= 0.6 is 0 Å². The Morgan fingerprint density at radius 3 is 2.83 bits per heavy atom. The SMILES string of the molecule is CC(NC(=O)c1ccncc1F)C1CCCCC1. The van der Waals surface area contributed by atoms with Crippen molar-refractivity contribution in [1.29, 1.82) is 0 Å². The summed E-state index contributed by atoms with van der Waals surface area (Å²) in [5.74, 6) is -0.383. The van der Waals surface area contributed by atoms with Crippen molar-refractivity contribution in [2.75, 3.05) is 0 Å². The van der Waals surface area contributed by atoms with Crippen molar-refractivity contribution in [1.82, 2.24) is 10.3 Å². The third-order valence-corrected chi connectivity index (χ3v) is 3.73. The Kier molecular flexibility index (Phi) is 4.28. The standard InChI is InChI=1S/C14H19FN2O/c1-10(11-5-3-2-4-6-11)17-14(18)12-7-8-16-9-13(12)15/h7-11H,2-6H2,1H3,(H,17,18). The summed E-state index contributed by atoms with van der Waals surface area (Å²) in [5, 5.41) is 2.90. The third kappa shape index (κ3) is 3.06. The second-order valence-electron chi connectivity index (χ2n) is 5.02. The van der Waals surface area contributed by atoms with Crippen LogP contribution in [0.5, 0.6) is 0 Å². The van der Waals surface area contributed by atoms with E-state index in [0.29, 0.717) is 5.92 Å². The molecule has 1 aromatic heterocycles. The maximum Gasteiger partial charge on any atom is 0.254 e. The maximum absolute atomic E-state index is 13.4. The molecule has 1 amide bonds. The van der Waals surface area contributed by atoms with Gasteiger partial charge in [0.15, 0.2) is 5.82 Å². The first-order valence-corrected chi connectivity index (χ1v) is 6.59. The van der Waals surface area contributed by atoms with E-state index in [0.717, 1.165) is 19.0 Å². The van der Waals surface area contributed by atoms with Gasteiger partial charge in [-0.15, -0.1) is 0 Å². The van der Waals surface area contributed by atoms with Gasteiger partial charge in [-0.1, -0.05) is 19.3 Å². The van der Waals surface area contributed by atoms with E-state index in [1.807, 2.05) is 6.92 Å². The Bertz CT molecular complexity index is 416. The van der Waals surface area contributed by atoms with Gasteiger partial charge in [0.25, 0.3) is 5.91 Å². The van der Waals surface area contributed by atoms with Crippen LogP contribution in [0.3, 0.4) is 0 Å². The molecule has 0 aliphatic heterocycles. The number of nitrogens with zero attached hydrogens (tertiary/aromatic N) is 1. The molecule has 1 fully saturated rings. The lowest BCUT2D eigenvalue weighted by molar-refractivity contribution is 0.0915. The predicted octanol–water partition coefficient (Wildman–Crippen LogP) is 2.92. The molecule has 0 spiro atoms. The van der Waals surface area contributed by atoms with Gasteiger partial charge in [0.2, 0.25) is 0 Å². The summed E-state index contributed by atoms with van der Waals surface area (Å²) < 4.78 is 13.4. The Morgan fingerprint density at radius 2 is 2.17 bits per heavy atom. The minimum Gasteiger partial charge on any atom is -0.349 e. The van der Waals surface area contributed by atoms with Crippen LogP contribution in [-0.2, 0) is 0 Å². The van der Waals surface area contributed by atoms with Crippen molar-refractivity contribution in [2.24, 2.45) is 5.92 Å². The highest BCUT2D eigenvalue weighted by molar-refractivity contribution is 5.94. The molecule has 1 heterocycles. The Labute approximate surface area is 107 Å². The fraction of sp³-hybridized carbons (Fsp3) is 0.571. The summed E-state index contributed by atoms with van der Waals surface area (Å²) in [7, 11) is 0. The van der Waals surface area contributed by atoms with Crippen LogP contribution < -0.4 is 5.32 Å². The molecule has 1 atom stereocenters. The second kappa shape index (κ2) is 5.94. The van der Waals surface area contributed by atoms with Gasteiger partial charge >= 0.3 is 0 Å². The summed E-state index contributed by atoms with van der Waals surface area (Å²) in [4.78, 5) is 15.6. The summed E-state index contributed by atoms with van der Waals surface area (Å²) >= 11 is 0. The van der Waals surface area contributed by atoms with E-state index in [1.165, 1.54) is 31.5 Å². The molecule has 4 heteroatoms. The van der Waals surface area contributed by atoms with Gasteiger partial charge < -0.3 is 5.32 Å². The minimum absolute atomic E-state index is 0.0765. The van der Waals surface area contributed by atoms with Crippen LogP contribution in [0.15, 0.2) is 18.5 Å². The van der Waals surface area contributed by atoms with E-state index in [-0.39, 0.29) is 17.5 Å². The molecule has 0 radical (unpaired) electrons. The van der Waals surface area contributed by atoms with Crippen molar-refractivity contribution in [3.8, 4) is 0 Å². The minimum atomic E-state index is -0.564. The molecule has 0 bridgehead atoms. The Balaban J connectivity index is 1.96. The average Bonchev–Trinajstić information content (AvgIpc) is 2.40. The van der Waals surface area contributed by atoms with Crippen molar-refractivity contribution in [2.45, 2.75) is 45.1 Å². The smallest absolute Gasteiger partial charge is 0.254 e. The van der Waals surface area contributed by atoms with Crippen molar-refractivity contribution in [3.05, 3.63) is 29.8 Å². The molecule has 1 saturated carbocycles. The van der Waals surface area contributed by atoms with Gasteiger partial charge in [0, 0.05) is 12.2 Å². The molecule has 1 aromatic rings. The zero-order valence-corrected chi connectivity index (χ0v) is 10.7. The molecule has 2 rings (SSSR count). The first-order chi connectivity index (χ1) is 8.68. The lowest BCUT2D eigenvalue weighted by Crippen LogP contribution is -2.39. The highest BCUT2D eigenvalue weighted by Gasteiger charge is 2.22. The highest BCUT2D eigenvalue weighted by atomic mass is 19.1. The number of pyridine rings is 1. The number of rotatable bonds is 3. The van der Waals surface area contributed by atoms with E-state index in [2.05, 4.69) is 10.3 Å². The highest BCUT2D eigenvalue weighted by Crippen LogP contribution is 2.26. The number of halogens is 1. The lowest BCUT2D eigenvalue weighted by Gasteiger charge is -2.28. The first kappa shape index (κ1) is 13.0. The summed E-state index contributed by atoms with van der Waals surface area (Å²) in [6, 6.07) is 1.52. The zero-order valence-electron chi connectivity index (χ0n) is 10.7. The number of aromatic nitrogens is 1. The quantitative estimate of drug-likeness (QED) is 0.896. The van der Waals surface area contributed by atoms with E-state index in [1.54, 1.807) is 0 Å². The fourth-order valence-corrected chi connectivity index (χ4v) is 2.60. The molecule has 3 nitrogen and oxygen atoms in total. The molecule has 1 unspecified atom stereocenters. The zero-order chi connectivity index (χ0) is 13.0. The summed E-state index contributed by atoms with van der Waals surface area (Å²) in [6.45, 7) is 2.01. The number of hydrogen-bond acceptors (Lipinski definition) is 2. The number of amides is 1. The molecular weight excluding hydrogens is 231 g/mol. The molecule has 98 valence electrons. The van der Waals surface area contributed by atoms with Gasteiger partial charge in [-0.2, -0.15) is 0 Å². The van der Waals surface area contributed by atoms with Gasteiger partial charge in [0.05, 0.1) is 11.8 Å². The third-order valence-electron chi connectivity index (χ3n) is 3.73. The van der Waals surface area contributed by atoms with E-state index < -0.39 is 5.82 Å². The maximum atomic E-state index is 13.4. The largest absolute Gasteiger partial charge is 0.349 e. The number of carbonyl (C=O) groups is 1. The normalized spacial score (nSPS) is 18.3. The van der Waals surface area contributed by atoms with Crippen molar-refractivity contribution >= 4 is 5.91 Å². The van der Waals surface area contributed by atoms with Gasteiger partial charge in [0.1, 0.15) is 0 Å². The van der Waals surface area contributed by atoms with E-state index >= 15 is 0 Å². The van der Waals surface area contributed by atoms with Crippen LogP contribution in [-0.4, -0.2) is 16.9 Å².